The average Bonchev–Trinajstić information content (AvgIpc) is 3.65. The second-order valence-electron chi connectivity index (χ2n) is 18.3. The minimum absolute atomic E-state index is 0. The van der Waals surface area contributed by atoms with Gasteiger partial charge in [0.2, 0.25) is 12.1 Å². The number of rotatable bonds is 13. The molecule has 4 saturated heterocycles. The van der Waals surface area contributed by atoms with Gasteiger partial charge in [-0.15, -0.1) is 0 Å². The fourth-order valence-electron chi connectivity index (χ4n) is 7.35. The van der Waals surface area contributed by atoms with Gasteiger partial charge in [0.05, 0.1) is 62.4 Å². The Labute approximate surface area is 328 Å². The zero-order valence-electron chi connectivity index (χ0n) is 34.3. The van der Waals surface area contributed by atoms with Gasteiger partial charge >= 0.3 is 11.9 Å². The summed E-state index contributed by atoms with van der Waals surface area (Å²) in [5, 5.41) is 9.95. The van der Waals surface area contributed by atoms with E-state index in [1.807, 2.05) is 34.6 Å². The number of carbonyl (C=O) groups excluding carboxylic acids is 2. The van der Waals surface area contributed by atoms with Crippen molar-refractivity contribution in [3.8, 4) is 0 Å². The van der Waals surface area contributed by atoms with Crippen LogP contribution in [0.5, 0.6) is 0 Å². The van der Waals surface area contributed by atoms with Crippen molar-refractivity contribution in [2.24, 2.45) is 5.41 Å². The van der Waals surface area contributed by atoms with E-state index in [1.54, 1.807) is 0 Å². The Kier molecular flexibility index (Phi) is 17.7. The molecule has 4 fully saturated rings. The van der Waals surface area contributed by atoms with E-state index in [0.717, 1.165) is 32.1 Å². The number of methoxy groups -OCH3 is 1. The van der Waals surface area contributed by atoms with Gasteiger partial charge in [0.15, 0.2) is 8.32 Å². The number of aliphatic hydroxyl groups is 1. The molecule has 0 saturated carbocycles. The van der Waals surface area contributed by atoms with E-state index in [4.69, 9.17) is 41.3 Å². The molecule has 4 aliphatic rings. The molecular weight excluding hydrogens is 709 g/mol. The van der Waals surface area contributed by atoms with Gasteiger partial charge in [-0.2, -0.15) is 0 Å². The Morgan fingerprint density at radius 3 is 1.85 bits per heavy atom. The largest absolute Gasteiger partial charge is 0.469 e. The Balaban J connectivity index is 0.000000558. The molecule has 0 aromatic rings. The fourth-order valence-corrected chi connectivity index (χ4v) is 8.39. The summed E-state index contributed by atoms with van der Waals surface area (Å²) in [5.74, 6) is -0.469. The lowest BCUT2D eigenvalue weighted by Gasteiger charge is -2.45. The second kappa shape index (κ2) is 19.9. The molecule has 0 spiro atoms. The van der Waals surface area contributed by atoms with Crippen molar-refractivity contribution in [2.45, 2.75) is 205 Å². The predicted molar refractivity (Wildman–Crippen MR) is 212 cm³/mol. The van der Waals surface area contributed by atoms with Crippen LogP contribution in [0.3, 0.4) is 0 Å². The fraction of sp³-hybridized carbons (Fsp3) is 0.902. The van der Waals surface area contributed by atoms with Gasteiger partial charge in [-0.1, -0.05) is 28.2 Å². The van der Waals surface area contributed by atoms with Crippen molar-refractivity contribution in [1.29, 1.82) is 0 Å². The summed E-state index contributed by atoms with van der Waals surface area (Å²) in [6.45, 7) is 35.6. The van der Waals surface area contributed by atoms with Crippen molar-refractivity contribution >= 4 is 20.3 Å². The molecule has 0 amide bonds. The highest BCUT2D eigenvalue weighted by Gasteiger charge is 2.56. The number of hydrogen-bond donors (Lipinski definition) is 1. The highest BCUT2D eigenvalue weighted by atomic mass is 28.4. The summed E-state index contributed by atoms with van der Waals surface area (Å²) in [7, 11) is -0.594. The molecule has 312 valence electrons. The number of esters is 2. The molecular formula is C41H74N2O10Si. The maximum absolute atomic E-state index is 12.2. The van der Waals surface area contributed by atoms with Gasteiger partial charge in [0.1, 0.15) is 17.8 Å². The van der Waals surface area contributed by atoms with E-state index in [2.05, 4.69) is 48.3 Å². The van der Waals surface area contributed by atoms with Crippen LogP contribution in [0.4, 0.5) is 0 Å². The zero-order valence-corrected chi connectivity index (χ0v) is 35.3. The first-order valence-corrected chi connectivity index (χ1v) is 22.4. The lowest BCUT2D eigenvalue weighted by molar-refractivity contribution is -0.184. The Bertz CT molecular complexity index is 1310. The van der Waals surface area contributed by atoms with Crippen molar-refractivity contribution in [3.63, 3.8) is 0 Å². The third-order valence-electron chi connectivity index (χ3n) is 11.6. The van der Waals surface area contributed by atoms with Crippen LogP contribution in [0.2, 0.25) is 18.1 Å². The normalized spacial score (nSPS) is 31.9. The molecule has 2 unspecified atom stereocenters. The first kappa shape index (κ1) is 48.0. The van der Waals surface area contributed by atoms with E-state index in [9.17, 15) is 14.7 Å². The van der Waals surface area contributed by atoms with Crippen molar-refractivity contribution in [3.05, 3.63) is 22.8 Å². The smallest absolute Gasteiger partial charge is 0.311 e. The monoisotopic (exact) mass is 784 g/mol. The third-order valence-corrected chi connectivity index (χ3v) is 16.1. The van der Waals surface area contributed by atoms with Crippen LogP contribution < -0.4 is 0 Å². The molecule has 0 aromatic heterocycles. The molecule has 4 aliphatic heterocycles. The average molecular weight is 784 g/mol. The Hall–Kier alpha value is -2.10. The van der Waals surface area contributed by atoms with Crippen LogP contribution in [0, 0.1) is 18.6 Å². The van der Waals surface area contributed by atoms with E-state index >= 15 is 0 Å². The number of fused-ring (bicyclic) bond motifs is 2. The molecule has 0 aromatic carbocycles. The van der Waals surface area contributed by atoms with Crippen molar-refractivity contribution < 1.29 is 49.0 Å². The van der Waals surface area contributed by atoms with Gasteiger partial charge in [0, 0.05) is 47.4 Å². The third kappa shape index (κ3) is 12.7. The van der Waals surface area contributed by atoms with Gasteiger partial charge in [0.25, 0.3) is 0 Å². The van der Waals surface area contributed by atoms with Crippen LogP contribution in [-0.2, 0) is 42.4 Å². The lowest BCUT2D eigenvalue weighted by atomic mass is 9.85. The summed E-state index contributed by atoms with van der Waals surface area (Å²) in [6, 6.07) is -0.138. The van der Waals surface area contributed by atoms with Crippen LogP contribution >= 0.6 is 0 Å². The highest BCUT2D eigenvalue weighted by Crippen LogP contribution is 2.46. The van der Waals surface area contributed by atoms with Gasteiger partial charge in [-0.05, 0) is 71.0 Å². The number of ether oxygens (including phenoxy) is 6. The summed E-state index contributed by atoms with van der Waals surface area (Å²) >= 11 is 0. The van der Waals surface area contributed by atoms with Crippen molar-refractivity contribution in [1.82, 2.24) is 0 Å². The highest BCUT2D eigenvalue weighted by molar-refractivity contribution is 6.74. The SMILES string of the molecule is C.[2HH].[C-]#[N+][C@H](C)CC1CC[C@@H]2O[C@@H](CCC(=O)OC)C[C@]2(CO)O1.[C-]#[N+][C@H](C)CC1CC[C@@H]2O[C@@H](COC(=O)C(C)(C)C)C[C@]2(CO[Si](C)(C)C(C)(C)C)O1. The number of hydrogen-bond acceptors (Lipinski definition) is 10. The maximum atomic E-state index is 12.2. The molecule has 4 rings (SSSR count). The molecule has 0 bridgehead atoms. The predicted octanol–water partition coefficient (Wildman–Crippen LogP) is 7.96. The minimum atomic E-state index is -1.97. The number of aliphatic hydroxyl groups excluding tert-OH is 1. The van der Waals surface area contributed by atoms with Gasteiger partial charge in [-0.3, -0.25) is 9.59 Å². The Morgan fingerprint density at radius 1 is 0.870 bits per heavy atom. The molecule has 1 N–H and O–H groups in total. The van der Waals surface area contributed by atoms with E-state index in [-0.39, 0.29) is 87.8 Å². The van der Waals surface area contributed by atoms with Gasteiger partial charge < -0.3 is 47.6 Å². The number of nitrogens with zero attached hydrogens (tertiary/aromatic N) is 2. The van der Waals surface area contributed by atoms with Crippen LogP contribution in [0.25, 0.3) is 9.69 Å². The summed E-state index contributed by atoms with van der Waals surface area (Å²) in [5.41, 5.74) is -1.75. The van der Waals surface area contributed by atoms with E-state index in [1.165, 1.54) is 7.11 Å². The maximum Gasteiger partial charge on any atom is 0.311 e. The minimum Gasteiger partial charge on any atom is -0.469 e. The standard InChI is InChI=1S/C24H43NO5Si.C16H25NO5.CH4.H2/c1-17(25-8)13-18-11-12-20-24(30-18,16-28-31(9,10)23(5,6)7)14-19(29-20)15-27-21(26)22(2,3)4;1-11(17-2)8-12-4-6-14-16(10-18,22-12)9-13(21-14)5-7-15(19)20-3;;/h17-20H,11-16H2,1-7,9-10H3;11-14,18H,4-10H2,1,3H3;1H4;1H/t17-,18?,19-,20+,24-;11-,12?,13+,14+,16-;;/m11../s1/i;;;1+1. The topological polar surface area (TPSA) is 128 Å². The van der Waals surface area contributed by atoms with E-state index < -0.39 is 24.9 Å². The van der Waals surface area contributed by atoms with Crippen molar-refractivity contribution in [2.75, 3.05) is 26.9 Å². The van der Waals surface area contributed by atoms with Gasteiger partial charge in [-0.25, -0.2) is 13.1 Å². The first-order chi connectivity index (χ1) is 24.6. The molecule has 0 aliphatic carbocycles. The van der Waals surface area contributed by atoms with E-state index in [0.29, 0.717) is 38.7 Å². The molecule has 54 heavy (non-hydrogen) atoms. The quantitative estimate of drug-likeness (QED) is 0.112. The molecule has 12 nitrogen and oxygen atoms in total. The van der Waals surface area contributed by atoms with Crippen LogP contribution in [-0.4, -0.2) is 112 Å². The number of carbonyl (C=O) groups is 2. The molecule has 4 heterocycles. The summed E-state index contributed by atoms with van der Waals surface area (Å²) in [4.78, 5) is 30.7. The first-order valence-electron chi connectivity index (χ1n) is 19.5. The van der Waals surface area contributed by atoms with Crippen LogP contribution in [0.15, 0.2) is 0 Å². The summed E-state index contributed by atoms with van der Waals surface area (Å²) in [6.07, 6.45) is 6.50. The lowest BCUT2D eigenvalue weighted by Crippen LogP contribution is -2.55. The molecule has 0 radical (unpaired) electrons. The Morgan fingerprint density at radius 2 is 1.37 bits per heavy atom. The van der Waals surface area contributed by atoms with Crippen LogP contribution in [0.1, 0.15) is 128 Å². The zero-order chi connectivity index (χ0) is 39.8. The molecule has 13 heteroatoms. The molecule has 10 atom stereocenters. The second-order valence-corrected chi connectivity index (χ2v) is 23.1. The summed E-state index contributed by atoms with van der Waals surface area (Å²) < 4.78 is 42.0.